The van der Waals surface area contributed by atoms with Gasteiger partial charge >= 0.3 is 5.69 Å². The molecule has 4 heterocycles. The number of nitro groups is 1. The maximum atomic E-state index is 13.6. The van der Waals surface area contributed by atoms with Gasteiger partial charge in [0.15, 0.2) is 21.4 Å². The normalized spacial score (nSPS) is 15.7. The first-order chi connectivity index (χ1) is 22.1. The van der Waals surface area contributed by atoms with Gasteiger partial charge in [-0.25, -0.2) is 13.4 Å². The number of ketones is 1. The summed E-state index contributed by atoms with van der Waals surface area (Å²) in [6, 6.07) is 12.0. The standard InChI is InChI=1S/C32H35N5O8S/c1-3-36(4-2)23-5-7-26(30(14-23)45-24-13-22-9-10-33-31(22)34-16-24)28(38)17-46(41,42)25-6-8-29(27(15-25)37(39)40)44-12-11-35-18-32(19-35)20-43-21-32/h5-10,13-16H,3-4,11-12,17-21H2,1-2H3,(H,33,34). The van der Waals surface area contributed by atoms with Crippen LogP contribution in [0, 0.1) is 15.5 Å². The fourth-order valence-corrected chi connectivity index (χ4v) is 7.16. The van der Waals surface area contributed by atoms with Gasteiger partial charge in [0.25, 0.3) is 0 Å². The molecule has 0 amide bonds. The zero-order valence-electron chi connectivity index (χ0n) is 25.6. The van der Waals surface area contributed by atoms with Gasteiger partial charge in [-0.1, -0.05) is 0 Å². The van der Waals surface area contributed by atoms with Gasteiger partial charge in [0.2, 0.25) is 0 Å². The number of carbonyl (C=O) groups is 1. The predicted octanol–water partition coefficient (Wildman–Crippen LogP) is 4.48. The van der Waals surface area contributed by atoms with Crippen LogP contribution in [0.1, 0.15) is 24.2 Å². The number of nitrogens with one attached hydrogen (secondary N) is 1. The van der Waals surface area contributed by atoms with Crippen molar-refractivity contribution in [3.8, 4) is 17.2 Å². The predicted molar refractivity (Wildman–Crippen MR) is 171 cm³/mol. The Morgan fingerprint density at radius 3 is 2.59 bits per heavy atom. The molecule has 2 aromatic heterocycles. The minimum Gasteiger partial charge on any atom is -0.485 e. The quantitative estimate of drug-likeness (QED) is 0.117. The summed E-state index contributed by atoms with van der Waals surface area (Å²) in [7, 11) is -4.28. The van der Waals surface area contributed by atoms with Gasteiger partial charge in [0.1, 0.15) is 29.5 Å². The van der Waals surface area contributed by atoms with Crippen molar-refractivity contribution in [2.75, 3.05) is 63.2 Å². The van der Waals surface area contributed by atoms with Crippen molar-refractivity contribution in [3.63, 3.8) is 0 Å². The molecule has 2 aliphatic heterocycles. The second-order valence-electron chi connectivity index (χ2n) is 11.7. The number of pyridine rings is 1. The van der Waals surface area contributed by atoms with Gasteiger partial charge in [-0.15, -0.1) is 0 Å². The minimum atomic E-state index is -4.28. The molecule has 0 aliphatic carbocycles. The van der Waals surface area contributed by atoms with Crippen molar-refractivity contribution in [1.82, 2.24) is 14.9 Å². The number of nitro benzene ring substituents is 1. The Bertz CT molecular complexity index is 1880. The molecule has 0 saturated carbocycles. The molecule has 4 aromatic rings. The van der Waals surface area contributed by atoms with Gasteiger partial charge < -0.3 is 24.1 Å². The highest BCUT2D eigenvalue weighted by Crippen LogP contribution is 2.38. The minimum absolute atomic E-state index is 0.0341. The van der Waals surface area contributed by atoms with Gasteiger partial charge in [-0.2, -0.15) is 0 Å². The summed E-state index contributed by atoms with van der Waals surface area (Å²) in [4.78, 5) is 36.0. The van der Waals surface area contributed by atoms with E-state index in [0.717, 1.165) is 43.4 Å². The van der Waals surface area contributed by atoms with Gasteiger partial charge in [0.05, 0.1) is 34.8 Å². The number of rotatable bonds is 14. The Morgan fingerprint density at radius 1 is 1.11 bits per heavy atom. The summed E-state index contributed by atoms with van der Waals surface area (Å²) >= 11 is 0. The van der Waals surface area contributed by atoms with Crippen molar-refractivity contribution in [2.45, 2.75) is 18.7 Å². The number of ether oxygens (including phenoxy) is 3. The molecule has 2 fully saturated rings. The third kappa shape index (κ3) is 6.41. The summed E-state index contributed by atoms with van der Waals surface area (Å²) < 4.78 is 44.0. The van der Waals surface area contributed by atoms with Crippen LogP contribution in [-0.4, -0.2) is 92.3 Å². The van der Waals surface area contributed by atoms with Crippen LogP contribution in [0.5, 0.6) is 17.2 Å². The largest absolute Gasteiger partial charge is 0.485 e. The van der Waals surface area contributed by atoms with E-state index in [-0.39, 0.29) is 34.0 Å². The molecule has 242 valence electrons. The molecule has 0 unspecified atom stereocenters. The topological polar surface area (TPSA) is 157 Å². The van der Waals surface area contributed by atoms with E-state index >= 15 is 0 Å². The molecule has 14 heteroatoms. The molecular formula is C32H35N5O8S. The fourth-order valence-electron chi connectivity index (χ4n) is 5.92. The maximum absolute atomic E-state index is 13.6. The Hall–Kier alpha value is -4.53. The van der Waals surface area contributed by atoms with Crippen LogP contribution in [0.4, 0.5) is 11.4 Å². The molecule has 2 saturated heterocycles. The monoisotopic (exact) mass is 649 g/mol. The molecule has 46 heavy (non-hydrogen) atoms. The first-order valence-corrected chi connectivity index (χ1v) is 16.7. The number of aromatic nitrogens is 2. The lowest BCUT2D eigenvalue weighted by atomic mass is 9.78. The van der Waals surface area contributed by atoms with E-state index in [2.05, 4.69) is 19.8 Å². The van der Waals surface area contributed by atoms with Crippen molar-refractivity contribution >= 4 is 38.0 Å². The lowest BCUT2D eigenvalue weighted by Gasteiger charge is -2.55. The lowest BCUT2D eigenvalue weighted by molar-refractivity contribution is -0.386. The number of anilines is 1. The number of hydrogen-bond acceptors (Lipinski definition) is 11. The number of Topliss-reactive ketones (excluding diaryl/α,β-unsaturated/α-hetero) is 1. The van der Waals surface area contributed by atoms with Crippen LogP contribution in [0.2, 0.25) is 0 Å². The van der Waals surface area contributed by atoms with Crippen LogP contribution in [0.25, 0.3) is 11.0 Å². The Morgan fingerprint density at radius 2 is 1.89 bits per heavy atom. The third-order valence-electron chi connectivity index (χ3n) is 8.40. The fraction of sp³-hybridized carbons (Fsp3) is 0.375. The van der Waals surface area contributed by atoms with Crippen molar-refractivity contribution in [1.29, 1.82) is 0 Å². The number of nitrogens with zero attached hydrogens (tertiary/aromatic N) is 4. The molecule has 2 aliphatic rings. The number of H-pyrrole nitrogens is 1. The SMILES string of the molecule is CCN(CC)c1ccc(C(=O)CS(=O)(=O)c2ccc(OCCN3CC4(COC4)C3)c([N+](=O)[O-])c2)c(Oc2cnc3[nH]ccc3c2)c1. The summed E-state index contributed by atoms with van der Waals surface area (Å²) in [6.07, 6.45) is 3.26. The van der Waals surface area contributed by atoms with Gasteiger partial charge in [0, 0.05) is 67.5 Å². The number of likely N-dealkylation sites (tertiary alicyclic amines) is 1. The lowest BCUT2D eigenvalue weighted by Crippen LogP contribution is -2.66. The van der Waals surface area contributed by atoms with Crippen LogP contribution in [0.3, 0.4) is 0 Å². The van der Waals surface area contributed by atoms with Crippen molar-refractivity contribution in [3.05, 3.63) is 76.6 Å². The summed E-state index contributed by atoms with van der Waals surface area (Å²) in [5.74, 6) is -1.12. The van der Waals surface area contributed by atoms with Crippen LogP contribution in [-0.2, 0) is 14.6 Å². The Labute approximate surface area is 266 Å². The third-order valence-corrected chi connectivity index (χ3v) is 10.0. The summed E-state index contributed by atoms with van der Waals surface area (Å²) in [5.41, 5.74) is 1.29. The Balaban J connectivity index is 1.20. The summed E-state index contributed by atoms with van der Waals surface area (Å²) in [6.45, 7) is 9.52. The van der Waals surface area contributed by atoms with E-state index < -0.39 is 32.0 Å². The highest BCUT2D eigenvalue weighted by molar-refractivity contribution is 7.92. The number of carbonyl (C=O) groups excluding carboxylic acids is 1. The summed E-state index contributed by atoms with van der Waals surface area (Å²) in [5, 5.41) is 12.7. The molecule has 1 N–H and O–H groups in total. The molecule has 2 aromatic carbocycles. The number of benzene rings is 2. The van der Waals surface area contributed by atoms with Crippen molar-refractivity contribution < 1.29 is 32.3 Å². The molecule has 13 nitrogen and oxygen atoms in total. The van der Waals surface area contributed by atoms with E-state index in [1.54, 1.807) is 30.5 Å². The number of fused-ring (bicyclic) bond motifs is 1. The molecule has 0 radical (unpaired) electrons. The van der Waals surface area contributed by atoms with Crippen molar-refractivity contribution in [2.24, 2.45) is 5.41 Å². The maximum Gasteiger partial charge on any atom is 0.312 e. The molecule has 0 bridgehead atoms. The van der Waals surface area contributed by atoms with E-state index in [1.807, 2.05) is 19.9 Å². The number of aromatic amines is 1. The number of sulfone groups is 1. The molecule has 6 rings (SSSR count). The zero-order chi connectivity index (χ0) is 32.5. The van der Waals surface area contributed by atoms with E-state index in [4.69, 9.17) is 14.2 Å². The molecule has 1 spiro atoms. The Kier molecular flexibility index (Phi) is 8.68. The van der Waals surface area contributed by atoms with Crippen LogP contribution < -0.4 is 14.4 Å². The highest BCUT2D eigenvalue weighted by atomic mass is 32.2. The van der Waals surface area contributed by atoms with Crippen LogP contribution in [0.15, 0.2) is 65.8 Å². The van der Waals surface area contributed by atoms with Crippen LogP contribution >= 0.6 is 0 Å². The smallest absolute Gasteiger partial charge is 0.312 e. The van der Waals surface area contributed by atoms with E-state index in [0.29, 0.717) is 31.0 Å². The second-order valence-corrected chi connectivity index (χ2v) is 13.7. The molecular weight excluding hydrogens is 614 g/mol. The van der Waals surface area contributed by atoms with Gasteiger partial charge in [-0.05, 0) is 50.2 Å². The first-order valence-electron chi connectivity index (χ1n) is 15.1. The average molecular weight is 650 g/mol. The highest BCUT2D eigenvalue weighted by Gasteiger charge is 2.48. The van der Waals surface area contributed by atoms with E-state index in [1.165, 1.54) is 18.3 Å². The van der Waals surface area contributed by atoms with Gasteiger partial charge in [-0.3, -0.25) is 19.8 Å². The van der Waals surface area contributed by atoms with E-state index in [9.17, 15) is 23.3 Å². The molecule has 0 atom stereocenters. The first kappa shape index (κ1) is 31.5. The number of hydrogen-bond donors (Lipinski definition) is 1. The average Bonchev–Trinajstić information content (AvgIpc) is 3.46. The zero-order valence-corrected chi connectivity index (χ0v) is 26.4. The second kappa shape index (κ2) is 12.7.